The van der Waals surface area contributed by atoms with Crippen LogP contribution in [0.2, 0.25) is 0 Å². The maximum absolute atomic E-state index is 3.49. The number of benzene rings is 1. The van der Waals surface area contributed by atoms with Crippen LogP contribution in [0.5, 0.6) is 0 Å². The molecule has 0 N–H and O–H groups in total. The first kappa shape index (κ1) is 42.9. The average molecular weight is 391 g/mol. The van der Waals surface area contributed by atoms with Crippen LogP contribution in [0.3, 0.4) is 0 Å². The SMILES string of the molecule is C.C.C.CC.Cc1ccccc1.[CH2-]CC.[Y].[Y]. The Morgan fingerprint density at radius 3 is 1.24 bits per heavy atom. The van der Waals surface area contributed by atoms with Crippen molar-refractivity contribution in [2.24, 2.45) is 0 Å². The van der Waals surface area contributed by atoms with E-state index >= 15 is 0 Å². The van der Waals surface area contributed by atoms with Gasteiger partial charge in [-0.15, -0.1) is 0 Å². The molecule has 0 aromatic heterocycles. The van der Waals surface area contributed by atoms with E-state index in [1.54, 1.807) is 0 Å². The van der Waals surface area contributed by atoms with Crippen molar-refractivity contribution in [3.8, 4) is 0 Å². The normalized spacial score (nSPS) is 5.00. The summed E-state index contributed by atoms with van der Waals surface area (Å²) in [6.45, 7) is 11.6. The summed E-state index contributed by atoms with van der Waals surface area (Å²) in [4.78, 5) is 0. The number of hydrogen-bond donors (Lipinski definition) is 0. The monoisotopic (exact) mass is 391 g/mol. The van der Waals surface area contributed by atoms with Crippen molar-refractivity contribution in [1.29, 1.82) is 0 Å². The summed E-state index contributed by atoms with van der Waals surface area (Å²) in [5.41, 5.74) is 1.32. The molecule has 0 nitrogen and oxygen atoms in total. The van der Waals surface area contributed by atoms with Gasteiger partial charge in [0.15, 0.2) is 0 Å². The summed E-state index contributed by atoms with van der Waals surface area (Å²) in [7, 11) is 0. The third-order valence-electron chi connectivity index (χ3n) is 0.940. The van der Waals surface area contributed by atoms with Crippen LogP contribution in [0.1, 0.15) is 55.0 Å². The Balaban J connectivity index is -0.0000000182. The van der Waals surface area contributed by atoms with Crippen LogP contribution in [0.25, 0.3) is 0 Å². The molecule has 100 valence electrons. The molecule has 1 aromatic carbocycles. The quantitative estimate of drug-likeness (QED) is 0.465. The van der Waals surface area contributed by atoms with Crippen LogP contribution in [0, 0.1) is 13.8 Å². The topological polar surface area (TPSA) is 0 Å². The first-order valence-electron chi connectivity index (χ1n) is 4.62. The van der Waals surface area contributed by atoms with Crippen LogP contribution in [0.4, 0.5) is 0 Å². The Labute approximate surface area is 163 Å². The standard InChI is InChI=1S/C7H8.C3H7.C2H6.3CH4.2Y/c1-7-5-3-2-4-6-7;1-3-2;1-2;;;;;/h2-6H,1H3;1,3H2,2H3;1-2H3;3*1H4;;/q;-1;;;;;;. The van der Waals surface area contributed by atoms with Gasteiger partial charge in [-0.05, 0) is 6.92 Å². The Hall–Kier alpha value is 1.43. The van der Waals surface area contributed by atoms with Crippen LogP contribution < -0.4 is 0 Å². The fourth-order valence-electron chi connectivity index (χ4n) is 0.534. The molecule has 0 bridgehead atoms. The van der Waals surface area contributed by atoms with Crippen molar-refractivity contribution in [2.45, 2.75) is 56.4 Å². The van der Waals surface area contributed by atoms with Crippen molar-refractivity contribution < 1.29 is 65.4 Å². The Bertz CT molecular complexity index is 150. The van der Waals surface area contributed by atoms with E-state index in [2.05, 4.69) is 26.0 Å². The molecule has 17 heavy (non-hydrogen) atoms. The second-order valence-electron chi connectivity index (χ2n) is 2.15. The summed E-state index contributed by atoms with van der Waals surface area (Å²) < 4.78 is 0. The number of rotatable bonds is 0. The molecule has 0 amide bonds. The fraction of sp³-hybridized carbons (Fsp3) is 0.533. The molecule has 0 saturated heterocycles. The first-order chi connectivity index (χ1) is 5.81. The molecule has 1 aromatic rings. The Morgan fingerprint density at radius 2 is 1.12 bits per heavy atom. The largest absolute Gasteiger partial charge is 0.344 e. The minimum atomic E-state index is 0. The number of aryl methyl sites for hydroxylation is 1. The molecule has 0 aliphatic rings. The van der Waals surface area contributed by atoms with Gasteiger partial charge in [0, 0.05) is 65.4 Å². The van der Waals surface area contributed by atoms with Crippen LogP contribution in [-0.4, -0.2) is 0 Å². The van der Waals surface area contributed by atoms with Crippen LogP contribution >= 0.6 is 0 Å². The predicted octanol–water partition coefficient (Wildman–Crippen LogP) is 6.16. The first-order valence-corrected chi connectivity index (χ1v) is 4.62. The van der Waals surface area contributed by atoms with E-state index in [4.69, 9.17) is 0 Å². The zero-order chi connectivity index (χ0) is 9.82. The molecule has 2 heteroatoms. The number of hydrogen-bond acceptors (Lipinski definition) is 0. The minimum absolute atomic E-state index is 0. The van der Waals surface area contributed by atoms with Gasteiger partial charge in [0.05, 0.1) is 0 Å². The molecule has 0 aliphatic heterocycles. The Morgan fingerprint density at radius 1 is 0.882 bits per heavy atom. The van der Waals surface area contributed by atoms with E-state index in [1.165, 1.54) is 5.56 Å². The van der Waals surface area contributed by atoms with Gasteiger partial charge >= 0.3 is 0 Å². The van der Waals surface area contributed by atoms with Crippen molar-refractivity contribution in [1.82, 2.24) is 0 Å². The van der Waals surface area contributed by atoms with E-state index in [-0.39, 0.29) is 87.7 Å². The zero-order valence-corrected chi connectivity index (χ0v) is 15.6. The average Bonchev–Trinajstić information content (AvgIpc) is 2.11. The zero-order valence-electron chi connectivity index (χ0n) is 9.96. The van der Waals surface area contributed by atoms with E-state index in [0.717, 1.165) is 6.42 Å². The summed E-state index contributed by atoms with van der Waals surface area (Å²) in [6.07, 6.45) is 1.00. The smallest absolute Gasteiger partial charge is 0 e. The van der Waals surface area contributed by atoms with Gasteiger partial charge < -0.3 is 6.92 Å². The van der Waals surface area contributed by atoms with Gasteiger partial charge in [0.1, 0.15) is 0 Å². The molecule has 0 unspecified atom stereocenters. The van der Waals surface area contributed by atoms with E-state index in [1.807, 2.05) is 39.0 Å². The second kappa shape index (κ2) is 43.3. The van der Waals surface area contributed by atoms with Crippen molar-refractivity contribution in [2.75, 3.05) is 0 Å². The van der Waals surface area contributed by atoms with Crippen LogP contribution in [-0.2, 0) is 65.4 Å². The van der Waals surface area contributed by atoms with Crippen molar-refractivity contribution in [3.63, 3.8) is 0 Å². The maximum Gasteiger partial charge on any atom is 0 e. The van der Waals surface area contributed by atoms with Gasteiger partial charge in [-0.3, -0.25) is 0 Å². The fourth-order valence-corrected chi connectivity index (χ4v) is 0.534. The van der Waals surface area contributed by atoms with Crippen LogP contribution in [0.15, 0.2) is 30.3 Å². The third kappa shape index (κ3) is 46.7. The summed E-state index contributed by atoms with van der Waals surface area (Å²) in [5, 5.41) is 0. The van der Waals surface area contributed by atoms with Gasteiger partial charge in [-0.25, -0.2) is 0 Å². The predicted molar refractivity (Wildman–Crippen MR) is 78.4 cm³/mol. The van der Waals surface area contributed by atoms with Gasteiger partial charge in [0.2, 0.25) is 0 Å². The summed E-state index contributed by atoms with van der Waals surface area (Å²) >= 11 is 0. The van der Waals surface area contributed by atoms with Gasteiger partial charge in [-0.2, -0.15) is 6.42 Å². The molecule has 0 aliphatic carbocycles. The van der Waals surface area contributed by atoms with E-state index in [0.29, 0.717) is 0 Å². The van der Waals surface area contributed by atoms with Crippen molar-refractivity contribution >= 4 is 0 Å². The molecule has 0 spiro atoms. The maximum atomic E-state index is 3.49. The molecule has 0 saturated carbocycles. The Kier molecular flexibility index (Phi) is 109. The summed E-state index contributed by atoms with van der Waals surface area (Å²) in [6, 6.07) is 10.3. The minimum Gasteiger partial charge on any atom is -0.344 e. The van der Waals surface area contributed by atoms with E-state index < -0.39 is 0 Å². The van der Waals surface area contributed by atoms with Gasteiger partial charge in [0.25, 0.3) is 0 Å². The van der Waals surface area contributed by atoms with Gasteiger partial charge in [-0.1, -0.05) is 78.9 Å². The summed E-state index contributed by atoms with van der Waals surface area (Å²) in [5.74, 6) is 0. The van der Waals surface area contributed by atoms with E-state index in [9.17, 15) is 0 Å². The van der Waals surface area contributed by atoms with Crippen molar-refractivity contribution in [3.05, 3.63) is 42.8 Å². The molecule has 0 atom stereocenters. The molecule has 1 rings (SSSR count). The molecular weight excluding hydrogens is 358 g/mol. The second-order valence-corrected chi connectivity index (χ2v) is 2.15. The molecule has 2 radical (unpaired) electrons. The molecule has 0 fully saturated rings. The molecular formula is C15H33Y2-. The third-order valence-corrected chi connectivity index (χ3v) is 0.940. The molecule has 0 heterocycles.